The van der Waals surface area contributed by atoms with Crippen molar-refractivity contribution in [2.75, 3.05) is 18.4 Å². The van der Waals surface area contributed by atoms with E-state index in [1.54, 1.807) is 0 Å². The lowest BCUT2D eigenvalue weighted by atomic mass is 10.3. The van der Waals surface area contributed by atoms with E-state index in [-0.39, 0.29) is 35.6 Å². The van der Waals surface area contributed by atoms with Crippen molar-refractivity contribution in [3.8, 4) is 6.07 Å². The molecule has 0 spiro atoms. The molecule has 1 aromatic rings. The van der Waals surface area contributed by atoms with Crippen LogP contribution >= 0.6 is 15.9 Å². The number of halogens is 3. The molecule has 0 saturated heterocycles. The molecule has 1 aromatic carbocycles. The second kappa shape index (κ2) is 6.91. The summed E-state index contributed by atoms with van der Waals surface area (Å²) in [6.45, 7) is 0.0800. The van der Waals surface area contributed by atoms with Crippen LogP contribution in [0.5, 0.6) is 0 Å². The molecule has 0 aromatic heterocycles. The van der Waals surface area contributed by atoms with Gasteiger partial charge in [-0.1, -0.05) is 0 Å². The van der Waals surface area contributed by atoms with Crippen LogP contribution in [0.4, 0.5) is 14.5 Å². The largest absolute Gasteiger partial charge is 0.373 e. The van der Waals surface area contributed by atoms with Crippen LogP contribution < -0.4 is 10.6 Å². The third kappa shape index (κ3) is 4.30. The molecular weight excluding hydrogens is 308 g/mol. The number of anilines is 1. The molecule has 4 nitrogen and oxygen atoms in total. The molecule has 0 heterocycles. The van der Waals surface area contributed by atoms with Gasteiger partial charge in [0.25, 0.3) is 0 Å². The molecule has 0 fully saturated rings. The van der Waals surface area contributed by atoms with Gasteiger partial charge in [0.05, 0.1) is 24.7 Å². The highest BCUT2D eigenvalue weighted by Gasteiger charge is 2.10. The molecule has 0 saturated carbocycles. The first-order valence-electron chi connectivity index (χ1n) is 5.06. The molecule has 1 amide bonds. The summed E-state index contributed by atoms with van der Waals surface area (Å²) >= 11 is 2.99. The van der Waals surface area contributed by atoms with Crippen molar-refractivity contribution < 1.29 is 13.6 Å². The van der Waals surface area contributed by atoms with Gasteiger partial charge in [-0.25, -0.2) is 8.78 Å². The van der Waals surface area contributed by atoms with E-state index in [1.807, 2.05) is 6.07 Å². The van der Waals surface area contributed by atoms with Gasteiger partial charge in [-0.15, -0.1) is 0 Å². The standard InChI is InChI=1S/C11H10BrF2N3O/c12-8-4-7(13)5-9(14)11(8)17-6-10(18)16-3-1-2-15/h4-5,17H,1,3,6H2,(H,16,18). The summed E-state index contributed by atoms with van der Waals surface area (Å²) in [6.07, 6.45) is 0.209. The molecule has 1 rings (SSSR count). The van der Waals surface area contributed by atoms with Crippen LogP contribution in [0.15, 0.2) is 16.6 Å². The van der Waals surface area contributed by atoms with E-state index in [4.69, 9.17) is 5.26 Å². The zero-order valence-corrected chi connectivity index (χ0v) is 10.9. The van der Waals surface area contributed by atoms with Crippen LogP contribution in [0.3, 0.4) is 0 Å². The summed E-state index contributed by atoms with van der Waals surface area (Å²) in [5.41, 5.74) is 0.0202. The van der Waals surface area contributed by atoms with Crippen LogP contribution in [0.25, 0.3) is 0 Å². The lowest BCUT2D eigenvalue weighted by Gasteiger charge is -2.09. The number of carbonyl (C=O) groups is 1. The number of amides is 1. The summed E-state index contributed by atoms with van der Waals surface area (Å²) in [6, 6.07) is 3.70. The molecule has 0 aliphatic carbocycles. The van der Waals surface area contributed by atoms with Crippen molar-refractivity contribution in [1.82, 2.24) is 5.32 Å². The van der Waals surface area contributed by atoms with Gasteiger partial charge in [0.1, 0.15) is 11.6 Å². The van der Waals surface area contributed by atoms with Gasteiger partial charge in [-0.3, -0.25) is 4.79 Å². The first-order valence-corrected chi connectivity index (χ1v) is 5.86. The minimum absolute atomic E-state index is 0.0202. The number of hydrogen-bond donors (Lipinski definition) is 2. The molecular formula is C11H10BrF2N3O. The molecule has 0 bridgehead atoms. The Labute approximate surface area is 111 Å². The van der Waals surface area contributed by atoms with E-state index < -0.39 is 11.6 Å². The second-order valence-corrected chi connectivity index (χ2v) is 4.21. The number of hydrogen-bond acceptors (Lipinski definition) is 3. The van der Waals surface area contributed by atoms with E-state index in [2.05, 4.69) is 26.6 Å². The lowest BCUT2D eigenvalue weighted by Crippen LogP contribution is -2.30. The van der Waals surface area contributed by atoms with Crippen LogP contribution in [0, 0.1) is 23.0 Å². The van der Waals surface area contributed by atoms with E-state index >= 15 is 0 Å². The number of nitrogens with zero attached hydrogens (tertiary/aromatic N) is 1. The van der Waals surface area contributed by atoms with Gasteiger partial charge in [0.15, 0.2) is 0 Å². The van der Waals surface area contributed by atoms with Crippen LogP contribution in [-0.2, 0) is 4.79 Å². The second-order valence-electron chi connectivity index (χ2n) is 3.36. The average Bonchev–Trinajstić information content (AvgIpc) is 2.27. The number of nitriles is 1. The molecule has 96 valence electrons. The predicted octanol–water partition coefficient (Wildman–Crippen LogP) is 2.17. The smallest absolute Gasteiger partial charge is 0.239 e. The summed E-state index contributed by atoms with van der Waals surface area (Å²) in [5, 5.41) is 13.3. The number of nitrogens with one attached hydrogen (secondary N) is 2. The Morgan fingerprint density at radius 1 is 1.44 bits per heavy atom. The fourth-order valence-electron chi connectivity index (χ4n) is 1.20. The Kier molecular flexibility index (Phi) is 5.52. The zero-order valence-electron chi connectivity index (χ0n) is 9.27. The first-order chi connectivity index (χ1) is 8.54. The number of carbonyl (C=O) groups excluding carboxylic acids is 1. The van der Waals surface area contributed by atoms with Crippen molar-refractivity contribution in [2.45, 2.75) is 6.42 Å². The summed E-state index contributed by atoms with van der Waals surface area (Å²) in [7, 11) is 0. The molecule has 0 atom stereocenters. The van der Waals surface area contributed by atoms with E-state index in [0.717, 1.165) is 12.1 Å². The number of benzene rings is 1. The van der Waals surface area contributed by atoms with Crippen LogP contribution in [0.1, 0.15) is 6.42 Å². The van der Waals surface area contributed by atoms with Gasteiger partial charge in [-0.2, -0.15) is 5.26 Å². The maximum atomic E-state index is 13.4. The highest BCUT2D eigenvalue weighted by Crippen LogP contribution is 2.26. The molecule has 0 unspecified atom stereocenters. The molecule has 2 N–H and O–H groups in total. The average molecular weight is 318 g/mol. The highest BCUT2D eigenvalue weighted by atomic mass is 79.9. The van der Waals surface area contributed by atoms with Crippen LogP contribution in [0.2, 0.25) is 0 Å². The van der Waals surface area contributed by atoms with Gasteiger partial charge in [0.2, 0.25) is 5.91 Å². The van der Waals surface area contributed by atoms with Crippen molar-refractivity contribution in [1.29, 1.82) is 5.26 Å². The normalized spacial score (nSPS) is 9.67. The van der Waals surface area contributed by atoms with Gasteiger partial charge in [0, 0.05) is 17.1 Å². The SMILES string of the molecule is N#CCCNC(=O)CNc1c(F)cc(F)cc1Br. The van der Waals surface area contributed by atoms with Crippen molar-refractivity contribution in [2.24, 2.45) is 0 Å². The Bertz CT molecular complexity index is 465. The predicted molar refractivity (Wildman–Crippen MR) is 65.8 cm³/mol. The summed E-state index contributed by atoms with van der Waals surface area (Å²) < 4.78 is 26.4. The fraction of sp³-hybridized carbons (Fsp3) is 0.273. The molecule has 0 radical (unpaired) electrons. The maximum Gasteiger partial charge on any atom is 0.239 e. The molecule has 7 heteroatoms. The summed E-state index contributed by atoms with van der Waals surface area (Å²) in [4.78, 5) is 11.3. The summed E-state index contributed by atoms with van der Waals surface area (Å²) in [5.74, 6) is -1.86. The quantitative estimate of drug-likeness (QED) is 0.818. The van der Waals surface area contributed by atoms with E-state index in [1.165, 1.54) is 0 Å². The molecule has 18 heavy (non-hydrogen) atoms. The molecule has 0 aliphatic rings. The highest BCUT2D eigenvalue weighted by molar-refractivity contribution is 9.10. The van der Waals surface area contributed by atoms with Gasteiger partial charge < -0.3 is 10.6 Å². The first kappa shape index (κ1) is 14.4. The van der Waals surface area contributed by atoms with Gasteiger partial charge in [-0.05, 0) is 22.0 Å². The minimum atomic E-state index is -0.785. The number of rotatable bonds is 5. The Morgan fingerprint density at radius 2 is 2.17 bits per heavy atom. The van der Waals surface area contributed by atoms with E-state index in [0.29, 0.717) is 0 Å². The Morgan fingerprint density at radius 3 is 2.78 bits per heavy atom. The van der Waals surface area contributed by atoms with Crippen molar-refractivity contribution in [3.05, 3.63) is 28.2 Å². The molecule has 0 aliphatic heterocycles. The minimum Gasteiger partial charge on any atom is -0.373 e. The van der Waals surface area contributed by atoms with Gasteiger partial charge >= 0.3 is 0 Å². The van der Waals surface area contributed by atoms with Crippen molar-refractivity contribution >= 4 is 27.5 Å². The van der Waals surface area contributed by atoms with Crippen LogP contribution in [-0.4, -0.2) is 19.0 Å². The van der Waals surface area contributed by atoms with E-state index in [9.17, 15) is 13.6 Å². The Hall–Kier alpha value is -1.68. The maximum absolute atomic E-state index is 13.4. The topological polar surface area (TPSA) is 64.9 Å². The fourth-order valence-corrected chi connectivity index (χ4v) is 1.75. The van der Waals surface area contributed by atoms with Crippen molar-refractivity contribution in [3.63, 3.8) is 0 Å². The Balaban J connectivity index is 2.54. The zero-order chi connectivity index (χ0) is 13.5. The monoisotopic (exact) mass is 317 g/mol. The third-order valence-electron chi connectivity index (χ3n) is 1.99. The lowest BCUT2D eigenvalue weighted by molar-refractivity contribution is -0.119. The third-order valence-corrected chi connectivity index (χ3v) is 2.62.